The van der Waals surface area contributed by atoms with Crippen molar-refractivity contribution in [3.63, 3.8) is 0 Å². The van der Waals surface area contributed by atoms with Crippen LogP contribution >= 0.6 is 0 Å². The van der Waals surface area contributed by atoms with Crippen LogP contribution in [0.2, 0.25) is 0 Å². The Kier molecular flexibility index (Phi) is 5.13. The first kappa shape index (κ1) is 15.0. The number of aliphatic hydroxyl groups excluding tert-OH is 1. The van der Waals surface area contributed by atoms with E-state index in [1.54, 1.807) is 0 Å². The second kappa shape index (κ2) is 6.85. The maximum Gasteiger partial charge on any atom is 0.0991 e. The minimum atomic E-state index is 0.264. The van der Waals surface area contributed by atoms with Crippen molar-refractivity contribution in [1.29, 1.82) is 5.26 Å². The molecule has 0 radical (unpaired) electrons. The number of aliphatic hydroxyl groups is 1. The fraction of sp³-hybridized carbons (Fsp3) is 0.562. The van der Waals surface area contributed by atoms with E-state index in [1.807, 2.05) is 18.2 Å². The molecule has 1 fully saturated rings. The van der Waals surface area contributed by atoms with E-state index in [1.165, 1.54) is 5.56 Å². The van der Waals surface area contributed by atoms with Crippen molar-refractivity contribution in [1.82, 2.24) is 9.80 Å². The van der Waals surface area contributed by atoms with Crippen LogP contribution in [0.4, 0.5) is 0 Å². The van der Waals surface area contributed by atoms with E-state index in [-0.39, 0.29) is 6.61 Å². The summed E-state index contributed by atoms with van der Waals surface area (Å²) in [5, 5.41) is 18.4. The third kappa shape index (κ3) is 3.57. The topological polar surface area (TPSA) is 50.5 Å². The molecule has 1 aromatic carbocycles. The molecule has 1 aliphatic heterocycles. The molecule has 2 atom stereocenters. The van der Waals surface area contributed by atoms with E-state index in [4.69, 9.17) is 5.26 Å². The predicted octanol–water partition coefficient (Wildman–Crippen LogP) is 1.30. The van der Waals surface area contributed by atoms with Gasteiger partial charge < -0.3 is 10.0 Å². The van der Waals surface area contributed by atoms with Gasteiger partial charge in [0.1, 0.15) is 0 Å². The number of nitrogens with zero attached hydrogens (tertiary/aromatic N) is 3. The molecule has 0 spiro atoms. The van der Waals surface area contributed by atoms with Crippen LogP contribution in [0.25, 0.3) is 0 Å². The van der Waals surface area contributed by atoms with Crippen molar-refractivity contribution in [3.8, 4) is 6.07 Å². The molecule has 1 heterocycles. The van der Waals surface area contributed by atoms with Crippen LogP contribution in [-0.4, -0.2) is 54.7 Å². The minimum absolute atomic E-state index is 0.264. The van der Waals surface area contributed by atoms with Gasteiger partial charge >= 0.3 is 0 Å². The SMILES string of the molecule is CN(C)[C@@H]1CN(Cc2cccc(C#N)c2)CC[C@@H]1CO. The molecule has 20 heavy (non-hydrogen) atoms. The Morgan fingerprint density at radius 1 is 1.45 bits per heavy atom. The van der Waals surface area contributed by atoms with Gasteiger partial charge in [-0.05, 0) is 50.7 Å². The van der Waals surface area contributed by atoms with Gasteiger partial charge in [-0.15, -0.1) is 0 Å². The molecule has 2 rings (SSSR count). The average molecular weight is 273 g/mol. The second-order valence-electron chi connectivity index (χ2n) is 5.81. The predicted molar refractivity (Wildman–Crippen MR) is 79.1 cm³/mol. The normalized spacial score (nSPS) is 23.8. The summed E-state index contributed by atoms with van der Waals surface area (Å²) in [5.74, 6) is 0.367. The molecule has 0 amide bonds. The molecule has 0 saturated carbocycles. The van der Waals surface area contributed by atoms with Gasteiger partial charge in [0, 0.05) is 25.7 Å². The zero-order valence-corrected chi connectivity index (χ0v) is 12.3. The zero-order valence-electron chi connectivity index (χ0n) is 12.3. The van der Waals surface area contributed by atoms with E-state index in [2.05, 4.69) is 36.0 Å². The van der Waals surface area contributed by atoms with E-state index < -0.39 is 0 Å². The molecular formula is C16H23N3O. The summed E-state index contributed by atoms with van der Waals surface area (Å²) in [4.78, 5) is 4.62. The lowest BCUT2D eigenvalue weighted by molar-refractivity contribution is 0.0461. The summed E-state index contributed by atoms with van der Waals surface area (Å²) in [5.41, 5.74) is 1.90. The van der Waals surface area contributed by atoms with Gasteiger partial charge in [0.05, 0.1) is 11.6 Å². The van der Waals surface area contributed by atoms with Gasteiger partial charge in [-0.25, -0.2) is 0 Å². The highest BCUT2D eigenvalue weighted by Gasteiger charge is 2.30. The van der Waals surface area contributed by atoms with Crippen molar-refractivity contribution >= 4 is 0 Å². The largest absolute Gasteiger partial charge is 0.396 e. The van der Waals surface area contributed by atoms with E-state index >= 15 is 0 Å². The lowest BCUT2D eigenvalue weighted by Gasteiger charge is -2.41. The fourth-order valence-electron chi connectivity index (χ4n) is 2.98. The van der Waals surface area contributed by atoms with Gasteiger partial charge in [0.15, 0.2) is 0 Å². The zero-order chi connectivity index (χ0) is 14.5. The number of hydrogen-bond acceptors (Lipinski definition) is 4. The standard InChI is InChI=1S/C16H23N3O/c1-18(2)16-11-19(7-6-15(16)12-20)10-14-5-3-4-13(8-14)9-17/h3-5,8,15-16,20H,6-7,10-12H2,1-2H3/t15-,16-/m1/s1. The Morgan fingerprint density at radius 2 is 2.25 bits per heavy atom. The Bertz CT molecular complexity index is 481. The van der Waals surface area contributed by atoms with Crippen LogP contribution in [0.1, 0.15) is 17.5 Å². The number of likely N-dealkylation sites (N-methyl/N-ethyl adjacent to an activating group) is 1. The number of benzene rings is 1. The number of rotatable bonds is 4. The molecule has 1 N–H and O–H groups in total. The molecule has 1 aliphatic rings. The lowest BCUT2D eigenvalue weighted by Crippen LogP contribution is -2.51. The number of piperidine rings is 1. The summed E-state index contributed by atoms with van der Waals surface area (Å²) < 4.78 is 0. The first-order valence-electron chi connectivity index (χ1n) is 7.12. The maximum atomic E-state index is 9.47. The second-order valence-corrected chi connectivity index (χ2v) is 5.81. The Labute approximate surface area is 121 Å². The van der Waals surface area contributed by atoms with Crippen molar-refractivity contribution in [2.24, 2.45) is 5.92 Å². The molecule has 108 valence electrons. The summed E-state index contributed by atoms with van der Waals surface area (Å²) in [6.07, 6.45) is 1.03. The van der Waals surface area contributed by atoms with E-state index in [9.17, 15) is 5.11 Å². The molecule has 4 nitrogen and oxygen atoms in total. The highest BCUT2D eigenvalue weighted by atomic mass is 16.3. The molecule has 0 bridgehead atoms. The van der Waals surface area contributed by atoms with Crippen molar-refractivity contribution < 1.29 is 5.11 Å². The fourth-order valence-corrected chi connectivity index (χ4v) is 2.98. The Balaban J connectivity index is 2.02. The molecule has 1 saturated heterocycles. The van der Waals surface area contributed by atoms with Gasteiger partial charge in [-0.1, -0.05) is 12.1 Å². The van der Waals surface area contributed by atoms with E-state index in [0.717, 1.165) is 31.6 Å². The van der Waals surface area contributed by atoms with Crippen molar-refractivity contribution in [2.45, 2.75) is 19.0 Å². The highest BCUT2D eigenvalue weighted by molar-refractivity contribution is 5.32. The van der Waals surface area contributed by atoms with Crippen LogP contribution in [0.3, 0.4) is 0 Å². The first-order chi connectivity index (χ1) is 9.63. The van der Waals surface area contributed by atoms with Gasteiger partial charge in [0.2, 0.25) is 0 Å². The van der Waals surface area contributed by atoms with Crippen LogP contribution in [0.5, 0.6) is 0 Å². The van der Waals surface area contributed by atoms with Crippen molar-refractivity contribution in [3.05, 3.63) is 35.4 Å². The Hall–Kier alpha value is -1.41. The third-order valence-electron chi connectivity index (χ3n) is 4.17. The van der Waals surface area contributed by atoms with Crippen molar-refractivity contribution in [2.75, 3.05) is 33.8 Å². The summed E-state index contributed by atoms with van der Waals surface area (Å²) in [6, 6.07) is 10.4. The molecule has 1 aromatic rings. The Morgan fingerprint density at radius 3 is 2.90 bits per heavy atom. The van der Waals surface area contributed by atoms with Gasteiger partial charge in [0.25, 0.3) is 0 Å². The van der Waals surface area contributed by atoms with Crippen LogP contribution in [0.15, 0.2) is 24.3 Å². The first-order valence-corrected chi connectivity index (χ1v) is 7.12. The monoisotopic (exact) mass is 273 g/mol. The lowest BCUT2D eigenvalue weighted by atomic mass is 9.91. The summed E-state index contributed by atoms with van der Waals surface area (Å²) >= 11 is 0. The molecule has 0 aromatic heterocycles. The maximum absolute atomic E-state index is 9.47. The van der Waals surface area contributed by atoms with Crippen LogP contribution in [-0.2, 0) is 6.54 Å². The van der Waals surface area contributed by atoms with Gasteiger partial charge in [-0.2, -0.15) is 5.26 Å². The average Bonchev–Trinajstić information content (AvgIpc) is 2.47. The number of nitriles is 1. The molecular weight excluding hydrogens is 250 g/mol. The highest BCUT2D eigenvalue weighted by Crippen LogP contribution is 2.22. The smallest absolute Gasteiger partial charge is 0.0991 e. The molecule has 4 heteroatoms. The molecule has 0 aliphatic carbocycles. The quantitative estimate of drug-likeness (QED) is 0.898. The van der Waals surface area contributed by atoms with Gasteiger partial charge in [-0.3, -0.25) is 4.90 Å². The van der Waals surface area contributed by atoms with Crippen LogP contribution in [0, 0.1) is 17.2 Å². The summed E-state index contributed by atoms with van der Waals surface area (Å²) in [7, 11) is 4.15. The number of likely N-dealkylation sites (tertiary alicyclic amines) is 1. The minimum Gasteiger partial charge on any atom is -0.396 e. The van der Waals surface area contributed by atoms with Crippen LogP contribution < -0.4 is 0 Å². The third-order valence-corrected chi connectivity index (χ3v) is 4.17. The summed E-state index contributed by atoms with van der Waals surface area (Å²) in [6.45, 7) is 3.11. The molecule has 0 unspecified atom stereocenters. The van der Waals surface area contributed by atoms with E-state index in [0.29, 0.717) is 12.0 Å². The number of hydrogen-bond donors (Lipinski definition) is 1.